The number of carbonyl (C=O) groups is 2. The highest BCUT2D eigenvalue weighted by atomic mass is 16.5. The number of carbonyl (C=O) groups excluding carboxylic acids is 2. The maximum absolute atomic E-state index is 12.6. The van der Waals surface area contributed by atoms with Gasteiger partial charge in [0, 0.05) is 12.8 Å². The second-order valence-corrected chi connectivity index (χ2v) is 25.6. The molecule has 0 saturated carbocycles. The van der Waals surface area contributed by atoms with Gasteiger partial charge in [0.25, 0.3) is 0 Å². The Morgan fingerprint density at radius 2 is 0.588 bits per heavy atom. The van der Waals surface area contributed by atoms with Crippen LogP contribution in [0.2, 0.25) is 0 Å². The van der Waals surface area contributed by atoms with Crippen molar-refractivity contribution in [1.82, 2.24) is 5.32 Å². The molecular weight excluding hydrogens is 983 g/mol. The molecule has 0 rings (SSSR count). The fourth-order valence-corrected chi connectivity index (χ4v) is 11.9. The maximum atomic E-state index is 12.6. The van der Waals surface area contributed by atoms with Crippen LogP contribution in [-0.2, 0) is 14.3 Å². The molecular formula is C74H145NO5. The van der Waals surface area contributed by atoms with E-state index < -0.39 is 12.1 Å². The van der Waals surface area contributed by atoms with Gasteiger partial charge in [-0.15, -0.1) is 0 Å². The molecule has 2 unspecified atom stereocenters. The molecule has 80 heavy (non-hydrogen) atoms. The average Bonchev–Trinajstić information content (AvgIpc) is 3.46. The van der Waals surface area contributed by atoms with Gasteiger partial charge in [-0.25, -0.2) is 0 Å². The second kappa shape index (κ2) is 70.1. The molecule has 0 radical (unpaired) electrons. The van der Waals surface area contributed by atoms with Gasteiger partial charge in [0.15, 0.2) is 0 Å². The van der Waals surface area contributed by atoms with Gasteiger partial charge >= 0.3 is 5.97 Å². The quantitative estimate of drug-likeness (QED) is 0.0320. The van der Waals surface area contributed by atoms with E-state index in [1.165, 1.54) is 347 Å². The van der Waals surface area contributed by atoms with Crippen molar-refractivity contribution in [2.45, 2.75) is 437 Å². The monoisotopic (exact) mass is 1130 g/mol. The molecule has 0 aliphatic carbocycles. The predicted molar refractivity (Wildman–Crippen MR) is 352 cm³/mol. The summed E-state index contributed by atoms with van der Waals surface area (Å²) in [5.41, 5.74) is 0. The van der Waals surface area contributed by atoms with E-state index in [-0.39, 0.29) is 18.5 Å². The summed E-state index contributed by atoms with van der Waals surface area (Å²) >= 11 is 0. The summed E-state index contributed by atoms with van der Waals surface area (Å²) in [5, 5.41) is 23.5. The molecule has 2 atom stereocenters. The first-order valence-corrected chi connectivity index (χ1v) is 36.9. The van der Waals surface area contributed by atoms with E-state index >= 15 is 0 Å². The van der Waals surface area contributed by atoms with Gasteiger partial charge in [0.05, 0.1) is 25.4 Å². The Kier molecular flexibility index (Phi) is 68.9. The number of allylic oxidation sites excluding steroid dienone is 2. The van der Waals surface area contributed by atoms with Gasteiger partial charge in [0.2, 0.25) is 5.91 Å². The molecule has 0 bridgehead atoms. The molecule has 0 aromatic heterocycles. The maximum Gasteiger partial charge on any atom is 0.305 e. The Hall–Kier alpha value is -1.40. The van der Waals surface area contributed by atoms with Crippen molar-refractivity contribution in [2.24, 2.45) is 0 Å². The van der Waals surface area contributed by atoms with Crippen LogP contribution in [0.3, 0.4) is 0 Å². The minimum atomic E-state index is -0.666. The number of aliphatic hydroxyl groups excluding tert-OH is 2. The van der Waals surface area contributed by atoms with Gasteiger partial charge in [-0.1, -0.05) is 373 Å². The number of ether oxygens (including phenoxy) is 1. The number of nitrogens with one attached hydrogen (secondary N) is 1. The van der Waals surface area contributed by atoms with E-state index in [2.05, 4.69) is 31.3 Å². The number of esters is 1. The number of aliphatic hydroxyl groups is 2. The van der Waals surface area contributed by atoms with Crippen molar-refractivity contribution in [3.8, 4) is 0 Å². The molecule has 476 valence electrons. The van der Waals surface area contributed by atoms with Crippen molar-refractivity contribution in [3.63, 3.8) is 0 Å². The Bertz CT molecular complexity index is 1210. The molecule has 0 saturated heterocycles. The number of hydrogen-bond donors (Lipinski definition) is 3. The fraction of sp³-hybridized carbons (Fsp3) is 0.946. The lowest BCUT2D eigenvalue weighted by Gasteiger charge is -2.22. The fourth-order valence-electron chi connectivity index (χ4n) is 11.9. The zero-order valence-electron chi connectivity index (χ0n) is 54.6. The third kappa shape index (κ3) is 65.7. The van der Waals surface area contributed by atoms with Crippen LogP contribution in [0.15, 0.2) is 12.2 Å². The van der Waals surface area contributed by atoms with Crippen molar-refractivity contribution >= 4 is 11.9 Å². The summed E-state index contributed by atoms with van der Waals surface area (Å²) in [4.78, 5) is 24.7. The highest BCUT2D eigenvalue weighted by Crippen LogP contribution is 2.20. The van der Waals surface area contributed by atoms with Crippen LogP contribution in [0.5, 0.6) is 0 Å². The summed E-state index contributed by atoms with van der Waals surface area (Å²) in [6.45, 7) is 5.00. The predicted octanol–water partition coefficient (Wildman–Crippen LogP) is 23.9. The summed E-state index contributed by atoms with van der Waals surface area (Å²) in [6.07, 6.45) is 86.9. The number of unbranched alkanes of at least 4 members (excludes halogenated alkanes) is 57. The van der Waals surface area contributed by atoms with E-state index in [1.54, 1.807) is 0 Å². The van der Waals surface area contributed by atoms with Crippen LogP contribution in [0.4, 0.5) is 0 Å². The minimum Gasteiger partial charge on any atom is -0.466 e. The van der Waals surface area contributed by atoms with E-state index in [0.717, 1.165) is 44.9 Å². The topological polar surface area (TPSA) is 95.9 Å². The van der Waals surface area contributed by atoms with E-state index in [4.69, 9.17) is 4.74 Å². The van der Waals surface area contributed by atoms with E-state index in [1.807, 2.05) is 0 Å². The highest BCUT2D eigenvalue weighted by molar-refractivity contribution is 5.76. The lowest BCUT2D eigenvalue weighted by Crippen LogP contribution is -2.45. The van der Waals surface area contributed by atoms with Crippen LogP contribution < -0.4 is 5.32 Å². The number of rotatable bonds is 70. The van der Waals surface area contributed by atoms with Crippen LogP contribution >= 0.6 is 0 Å². The van der Waals surface area contributed by atoms with Crippen LogP contribution in [0.1, 0.15) is 425 Å². The van der Waals surface area contributed by atoms with Gasteiger partial charge < -0.3 is 20.3 Å². The molecule has 0 spiro atoms. The van der Waals surface area contributed by atoms with Crippen molar-refractivity contribution < 1.29 is 24.5 Å². The van der Waals surface area contributed by atoms with Crippen LogP contribution in [0, 0.1) is 0 Å². The molecule has 0 aromatic rings. The number of amides is 1. The number of hydrogen-bond acceptors (Lipinski definition) is 5. The van der Waals surface area contributed by atoms with E-state index in [0.29, 0.717) is 25.9 Å². The van der Waals surface area contributed by atoms with Gasteiger partial charge in [0.1, 0.15) is 0 Å². The standard InChI is InChI=1S/C74H145NO5/c1-3-5-7-9-11-13-15-17-19-21-23-24-25-26-28-31-34-38-42-46-50-54-58-62-66-72(77)71(70-76)75-73(78)67-63-59-55-51-47-43-39-35-32-29-27-30-33-37-41-45-49-53-57-61-65-69-80-74(79)68-64-60-56-52-48-44-40-36-22-20-18-16-14-12-10-8-6-4-2/h20,22,71-72,76-77H,3-19,21,23-70H2,1-2H3,(H,75,78)/b22-20-. The van der Waals surface area contributed by atoms with Gasteiger partial charge in [-0.3, -0.25) is 9.59 Å². The molecule has 0 aromatic carbocycles. The molecule has 6 heteroatoms. The van der Waals surface area contributed by atoms with Crippen LogP contribution in [-0.4, -0.2) is 47.4 Å². The summed E-state index contributed by atoms with van der Waals surface area (Å²) in [5.74, 6) is -0.0197. The molecule has 6 nitrogen and oxygen atoms in total. The summed E-state index contributed by atoms with van der Waals surface area (Å²) < 4.78 is 5.51. The third-order valence-corrected chi connectivity index (χ3v) is 17.6. The molecule has 0 aliphatic heterocycles. The van der Waals surface area contributed by atoms with Crippen molar-refractivity contribution in [1.29, 1.82) is 0 Å². The Labute approximate surface area is 501 Å². The molecule has 0 heterocycles. The first-order valence-electron chi connectivity index (χ1n) is 36.9. The van der Waals surface area contributed by atoms with Gasteiger partial charge in [-0.2, -0.15) is 0 Å². The average molecular weight is 1130 g/mol. The lowest BCUT2D eigenvalue weighted by molar-refractivity contribution is -0.143. The van der Waals surface area contributed by atoms with E-state index in [9.17, 15) is 19.8 Å². The first-order chi connectivity index (χ1) is 39.5. The first kappa shape index (κ1) is 78.6. The Morgan fingerprint density at radius 1 is 0.338 bits per heavy atom. The highest BCUT2D eigenvalue weighted by Gasteiger charge is 2.20. The molecule has 1 amide bonds. The smallest absolute Gasteiger partial charge is 0.305 e. The largest absolute Gasteiger partial charge is 0.466 e. The normalized spacial score (nSPS) is 12.5. The Balaban J connectivity index is 3.37. The van der Waals surface area contributed by atoms with Crippen LogP contribution in [0.25, 0.3) is 0 Å². The lowest BCUT2D eigenvalue weighted by atomic mass is 10.0. The van der Waals surface area contributed by atoms with Crippen molar-refractivity contribution in [3.05, 3.63) is 12.2 Å². The SMILES string of the molecule is CCCCCCCCC/C=C\CCCCCCCCCC(=O)OCCCCCCCCCCCCCCCCCCCCCCCC(=O)NC(CO)C(O)CCCCCCCCCCCCCCCCCCCCCCCCCC. The summed E-state index contributed by atoms with van der Waals surface area (Å²) in [7, 11) is 0. The molecule has 0 aliphatic rings. The molecule has 3 N–H and O–H groups in total. The minimum absolute atomic E-state index is 0.0107. The van der Waals surface area contributed by atoms with Crippen molar-refractivity contribution in [2.75, 3.05) is 13.2 Å². The molecule has 0 fully saturated rings. The third-order valence-electron chi connectivity index (χ3n) is 17.6. The van der Waals surface area contributed by atoms with Gasteiger partial charge in [-0.05, 0) is 51.4 Å². The summed E-state index contributed by atoms with van der Waals surface area (Å²) in [6, 6.07) is -0.543. The Morgan fingerprint density at radius 3 is 0.887 bits per heavy atom. The zero-order chi connectivity index (χ0) is 57.8. The zero-order valence-corrected chi connectivity index (χ0v) is 54.6. The second-order valence-electron chi connectivity index (χ2n) is 25.6.